The fraction of sp³-hybridized carbons (Fsp3) is 0.643. The molecule has 5 heteroatoms. The molecule has 19 heavy (non-hydrogen) atoms. The highest BCUT2D eigenvalue weighted by Gasteiger charge is 2.33. The van der Waals surface area contributed by atoms with E-state index in [-0.39, 0.29) is 12.1 Å². The summed E-state index contributed by atoms with van der Waals surface area (Å²) in [5, 5.41) is 15.4. The number of hydrogen-bond acceptors (Lipinski definition) is 4. The van der Waals surface area contributed by atoms with Crippen molar-refractivity contribution in [3.05, 3.63) is 23.5 Å². The Labute approximate surface area is 117 Å². The van der Waals surface area contributed by atoms with Crippen molar-refractivity contribution in [2.24, 2.45) is 5.92 Å². The maximum atomic E-state index is 9.75. The van der Waals surface area contributed by atoms with Crippen molar-refractivity contribution in [3.63, 3.8) is 0 Å². The Hall–Kier alpha value is -0.910. The largest absolute Gasteiger partial charge is 0.394 e. The van der Waals surface area contributed by atoms with Crippen molar-refractivity contribution in [3.8, 4) is 0 Å². The summed E-state index contributed by atoms with van der Waals surface area (Å²) in [6, 6.07) is 0. The average Bonchev–Trinajstić information content (AvgIpc) is 2.97. The highest BCUT2D eigenvalue weighted by Crippen LogP contribution is 2.32. The summed E-state index contributed by atoms with van der Waals surface area (Å²) in [4.78, 5) is 5.61. The Morgan fingerprint density at radius 1 is 1.63 bits per heavy atom. The van der Waals surface area contributed by atoms with Gasteiger partial charge in [-0.25, -0.2) is 4.98 Å². The highest BCUT2D eigenvalue weighted by molar-refractivity contribution is 7.15. The molecule has 1 aliphatic rings. The molecular weight excluding hydrogens is 258 g/mol. The van der Waals surface area contributed by atoms with Gasteiger partial charge in [0.2, 0.25) is 0 Å². The van der Waals surface area contributed by atoms with E-state index in [1.54, 1.807) is 11.3 Å². The van der Waals surface area contributed by atoms with Crippen LogP contribution in [-0.4, -0.2) is 26.6 Å². The summed E-state index contributed by atoms with van der Waals surface area (Å²) in [5.74, 6) is 0.693. The predicted octanol–water partition coefficient (Wildman–Crippen LogP) is 2.43. The summed E-state index contributed by atoms with van der Waals surface area (Å²) in [6.07, 6.45) is 8.70. The molecule has 0 aliphatic heterocycles. The summed E-state index contributed by atoms with van der Waals surface area (Å²) in [6.45, 7) is 3.24. The zero-order valence-electron chi connectivity index (χ0n) is 11.3. The molecular formula is C14H21N3OS. The SMILES string of the molecule is CC1CCCC(CO)(NCc2cn3ccsc3n2)C1. The van der Waals surface area contributed by atoms with E-state index in [0.29, 0.717) is 5.92 Å². The van der Waals surface area contributed by atoms with Crippen LogP contribution in [0.4, 0.5) is 0 Å². The first-order valence-electron chi connectivity index (χ1n) is 6.98. The Kier molecular flexibility index (Phi) is 3.60. The molecule has 2 N–H and O–H groups in total. The average molecular weight is 279 g/mol. The van der Waals surface area contributed by atoms with Crippen molar-refractivity contribution in [2.75, 3.05) is 6.61 Å². The predicted molar refractivity (Wildman–Crippen MR) is 77.4 cm³/mol. The van der Waals surface area contributed by atoms with Crippen molar-refractivity contribution in [1.29, 1.82) is 0 Å². The van der Waals surface area contributed by atoms with E-state index in [4.69, 9.17) is 0 Å². The van der Waals surface area contributed by atoms with Gasteiger partial charge < -0.3 is 10.4 Å². The zero-order valence-corrected chi connectivity index (χ0v) is 12.1. The number of aromatic nitrogens is 2. The van der Waals surface area contributed by atoms with Crippen molar-refractivity contribution in [1.82, 2.24) is 14.7 Å². The first-order chi connectivity index (χ1) is 9.21. The third-order valence-electron chi connectivity index (χ3n) is 4.18. The molecule has 2 atom stereocenters. The molecule has 1 aliphatic carbocycles. The molecule has 2 unspecified atom stereocenters. The minimum Gasteiger partial charge on any atom is -0.394 e. The monoisotopic (exact) mass is 279 g/mol. The Balaban J connectivity index is 1.68. The van der Waals surface area contributed by atoms with Crippen LogP contribution in [0.5, 0.6) is 0 Å². The fourth-order valence-corrected chi connectivity index (χ4v) is 3.88. The van der Waals surface area contributed by atoms with Crippen LogP contribution in [0.2, 0.25) is 0 Å². The van der Waals surface area contributed by atoms with E-state index in [1.165, 1.54) is 12.8 Å². The number of fused-ring (bicyclic) bond motifs is 1. The third kappa shape index (κ3) is 2.68. The Morgan fingerprint density at radius 3 is 3.26 bits per heavy atom. The number of thiazole rings is 1. The van der Waals surface area contributed by atoms with Gasteiger partial charge in [-0.2, -0.15) is 0 Å². The number of nitrogens with zero attached hydrogens (tertiary/aromatic N) is 2. The van der Waals surface area contributed by atoms with Crippen LogP contribution in [0.25, 0.3) is 4.96 Å². The fourth-order valence-electron chi connectivity index (χ4n) is 3.16. The van der Waals surface area contributed by atoms with E-state index < -0.39 is 0 Å². The van der Waals surface area contributed by atoms with Gasteiger partial charge in [0, 0.05) is 29.9 Å². The zero-order chi connectivity index (χ0) is 13.3. The Bertz CT molecular complexity index is 521. The molecule has 0 amide bonds. The van der Waals surface area contributed by atoms with Crippen molar-refractivity contribution < 1.29 is 5.11 Å². The molecule has 0 aromatic carbocycles. The van der Waals surface area contributed by atoms with Crippen LogP contribution in [0.3, 0.4) is 0 Å². The first-order valence-corrected chi connectivity index (χ1v) is 7.86. The second-order valence-corrected chi connectivity index (χ2v) is 6.69. The van der Waals surface area contributed by atoms with Crippen molar-refractivity contribution in [2.45, 2.75) is 44.7 Å². The lowest BCUT2D eigenvalue weighted by Crippen LogP contribution is -2.51. The summed E-state index contributed by atoms with van der Waals surface area (Å²) >= 11 is 1.65. The van der Waals surface area contributed by atoms with E-state index in [0.717, 1.165) is 30.0 Å². The van der Waals surface area contributed by atoms with Gasteiger partial charge in [-0.1, -0.05) is 19.8 Å². The lowest BCUT2D eigenvalue weighted by atomic mass is 9.77. The number of hydrogen-bond donors (Lipinski definition) is 2. The molecule has 104 valence electrons. The second-order valence-electron chi connectivity index (χ2n) is 5.82. The van der Waals surface area contributed by atoms with Gasteiger partial charge in [0.25, 0.3) is 0 Å². The summed E-state index contributed by atoms with van der Waals surface area (Å²) in [7, 11) is 0. The topological polar surface area (TPSA) is 49.6 Å². The molecule has 0 spiro atoms. The smallest absolute Gasteiger partial charge is 0.193 e. The molecule has 2 aromatic heterocycles. The van der Waals surface area contributed by atoms with Gasteiger partial charge in [0.1, 0.15) is 0 Å². The second kappa shape index (κ2) is 5.23. The molecule has 2 heterocycles. The first kappa shape index (κ1) is 13.1. The molecule has 0 radical (unpaired) electrons. The maximum Gasteiger partial charge on any atom is 0.193 e. The van der Waals surface area contributed by atoms with Crippen molar-refractivity contribution >= 4 is 16.3 Å². The van der Waals surface area contributed by atoms with Crippen LogP contribution >= 0.6 is 11.3 Å². The van der Waals surface area contributed by atoms with Gasteiger partial charge in [-0.05, 0) is 18.8 Å². The summed E-state index contributed by atoms with van der Waals surface area (Å²) in [5.41, 5.74) is 0.951. The number of imidazole rings is 1. The van der Waals surface area contributed by atoms with Gasteiger partial charge >= 0.3 is 0 Å². The lowest BCUT2D eigenvalue weighted by molar-refractivity contribution is 0.0979. The summed E-state index contributed by atoms with van der Waals surface area (Å²) < 4.78 is 2.05. The molecule has 1 saturated carbocycles. The van der Waals surface area contributed by atoms with Gasteiger partial charge in [0.05, 0.1) is 12.3 Å². The standard InChI is InChI=1S/C14H21N3OS/c1-11-3-2-4-14(7-11,10-18)15-8-12-9-17-5-6-19-13(17)16-12/h5-6,9,11,15,18H,2-4,7-8,10H2,1H3. The van der Waals surface area contributed by atoms with Crippen LogP contribution in [0.15, 0.2) is 17.8 Å². The quantitative estimate of drug-likeness (QED) is 0.903. The normalized spacial score (nSPS) is 28.0. The molecule has 0 saturated heterocycles. The van der Waals surface area contributed by atoms with E-state index >= 15 is 0 Å². The van der Waals surface area contributed by atoms with E-state index in [2.05, 4.69) is 27.8 Å². The highest BCUT2D eigenvalue weighted by atomic mass is 32.1. The number of rotatable bonds is 4. The van der Waals surface area contributed by atoms with Crippen LogP contribution < -0.4 is 5.32 Å². The number of aliphatic hydroxyl groups is 1. The third-order valence-corrected chi connectivity index (χ3v) is 4.95. The number of nitrogens with one attached hydrogen (secondary N) is 1. The minimum atomic E-state index is -0.102. The lowest BCUT2D eigenvalue weighted by Gasteiger charge is -2.39. The van der Waals surface area contributed by atoms with Gasteiger partial charge in [-0.3, -0.25) is 4.40 Å². The molecule has 3 rings (SSSR count). The van der Waals surface area contributed by atoms with E-state index in [9.17, 15) is 5.11 Å². The minimum absolute atomic E-state index is 0.102. The van der Waals surface area contributed by atoms with Crippen LogP contribution in [0.1, 0.15) is 38.3 Å². The van der Waals surface area contributed by atoms with Crippen LogP contribution in [0, 0.1) is 5.92 Å². The van der Waals surface area contributed by atoms with Gasteiger partial charge in [0.15, 0.2) is 4.96 Å². The number of aliphatic hydroxyl groups excluding tert-OH is 1. The molecule has 2 aromatic rings. The molecule has 0 bridgehead atoms. The maximum absolute atomic E-state index is 9.75. The molecule has 4 nitrogen and oxygen atoms in total. The van der Waals surface area contributed by atoms with Gasteiger partial charge in [-0.15, -0.1) is 11.3 Å². The van der Waals surface area contributed by atoms with E-state index in [1.807, 2.05) is 11.6 Å². The van der Waals surface area contributed by atoms with Crippen LogP contribution in [-0.2, 0) is 6.54 Å². The Morgan fingerprint density at radius 2 is 2.53 bits per heavy atom. The molecule has 1 fully saturated rings.